The Bertz CT molecular complexity index is 376. The Morgan fingerprint density at radius 1 is 1.24 bits per heavy atom. The molecule has 2 rings (SSSR count). The van der Waals surface area contributed by atoms with E-state index in [4.69, 9.17) is 0 Å². The smallest absolute Gasteiger partial charge is 0.129 e. The molecule has 1 fully saturated rings. The first-order chi connectivity index (χ1) is 8.22. The second kappa shape index (κ2) is 5.58. The second-order valence-electron chi connectivity index (χ2n) is 4.87. The Kier molecular flexibility index (Phi) is 4.11. The van der Waals surface area contributed by atoms with Crippen LogP contribution in [0.4, 0.5) is 8.78 Å². The van der Waals surface area contributed by atoms with Crippen molar-refractivity contribution in [1.82, 2.24) is 5.32 Å². The van der Waals surface area contributed by atoms with Gasteiger partial charge in [-0.05, 0) is 49.9 Å². The molecule has 0 aliphatic heterocycles. The molecular formula is C14H19F2N. The van der Waals surface area contributed by atoms with Crippen LogP contribution in [0.1, 0.15) is 37.2 Å². The molecule has 1 aliphatic carbocycles. The molecule has 1 aromatic rings. The summed E-state index contributed by atoms with van der Waals surface area (Å²) >= 11 is 0. The summed E-state index contributed by atoms with van der Waals surface area (Å²) in [7, 11) is 1.92. The predicted octanol–water partition coefficient (Wildman–Crippen LogP) is 3.46. The van der Waals surface area contributed by atoms with Crippen molar-refractivity contribution in [2.24, 2.45) is 5.92 Å². The average Bonchev–Trinajstić information content (AvgIpc) is 2.31. The summed E-state index contributed by atoms with van der Waals surface area (Å²) in [5.41, 5.74) is 0.686. The Morgan fingerprint density at radius 3 is 2.71 bits per heavy atom. The maximum absolute atomic E-state index is 13.8. The van der Waals surface area contributed by atoms with Gasteiger partial charge in [0, 0.05) is 6.07 Å². The number of hydrogen-bond acceptors (Lipinski definition) is 1. The van der Waals surface area contributed by atoms with Crippen LogP contribution < -0.4 is 5.32 Å². The summed E-state index contributed by atoms with van der Waals surface area (Å²) in [6.07, 6.45) is 4.49. The molecule has 0 saturated heterocycles. The first kappa shape index (κ1) is 12.5. The van der Waals surface area contributed by atoms with E-state index in [-0.39, 0.29) is 5.92 Å². The molecule has 17 heavy (non-hydrogen) atoms. The van der Waals surface area contributed by atoms with Gasteiger partial charge in [-0.1, -0.05) is 18.9 Å². The molecule has 1 aromatic carbocycles. The summed E-state index contributed by atoms with van der Waals surface area (Å²) in [5, 5.41) is 3.17. The van der Waals surface area contributed by atoms with E-state index in [1.807, 2.05) is 7.05 Å². The number of rotatable bonds is 3. The fourth-order valence-electron chi connectivity index (χ4n) is 2.93. The third-order valence-corrected chi connectivity index (χ3v) is 3.74. The zero-order valence-electron chi connectivity index (χ0n) is 10.2. The van der Waals surface area contributed by atoms with Gasteiger partial charge in [-0.15, -0.1) is 0 Å². The molecule has 1 N–H and O–H groups in total. The van der Waals surface area contributed by atoms with Crippen molar-refractivity contribution in [2.45, 2.75) is 31.6 Å². The molecule has 1 nitrogen and oxygen atoms in total. The largest absolute Gasteiger partial charge is 0.319 e. The molecule has 94 valence electrons. The molecule has 2 atom stereocenters. The Morgan fingerprint density at radius 2 is 2.00 bits per heavy atom. The molecule has 0 bridgehead atoms. The average molecular weight is 239 g/mol. The van der Waals surface area contributed by atoms with Crippen LogP contribution in [0.5, 0.6) is 0 Å². The van der Waals surface area contributed by atoms with E-state index in [9.17, 15) is 8.78 Å². The van der Waals surface area contributed by atoms with Crippen LogP contribution >= 0.6 is 0 Å². The quantitative estimate of drug-likeness (QED) is 0.851. The van der Waals surface area contributed by atoms with Crippen molar-refractivity contribution >= 4 is 0 Å². The fourth-order valence-corrected chi connectivity index (χ4v) is 2.93. The lowest BCUT2D eigenvalue weighted by Gasteiger charge is -2.32. The summed E-state index contributed by atoms with van der Waals surface area (Å²) in [6, 6.07) is 3.98. The van der Waals surface area contributed by atoms with Gasteiger partial charge in [0.1, 0.15) is 11.6 Å². The highest BCUT2D eigenvalue weighted by Crippen LogP contribution is 2.38. The fraction of sp³-hybridized carbons (Fsp3) is 0.571. The zero-order valence-corrected chi connectivity index (χ0v) is 10.2. The van der Waals surface area contributed by atoms with E-state index in [0.29, 0.717) is 11.5 Å². The molecule has 0 radical (unpaired) electrons. The molecule has 0 spiro atoms. The third kappa shape index (κ3) is 2.83. The van der Waals surface area contributed by atoms with Gasteiger partial charge in [-0.25, -0.2) is 8.78 Å². The van der Waals surface area contributed by atoms with E-state index in [0.717, 1.165) is 31.9 Å². The number of halogens is 2. The van der Waals surface area contributed by atoms with Crippen LogP contribution in [0.15, 0.2) is 18.2 Å². The Labute approximate surface area is 101 Å². The molecule has 0 heterocycles. The van der Waals surface area contributed by atoms with Crippen molar-refractivity contribution in [3.05, 3.63) is 35.4 Å². The van der Waals surface area contributed by atoms with Crippen molar-refractivity contribution in [2.75, 3.05) is 13.6 Å². The zero-order chi connectivity index (χ0) is 12.3. The minimum atomic E-state index is -0.493. The highest BCUT2D eigenvalue weighted by Gasteiger charge is 2.27. The van der Waals surface area contributed by atoms with Crippen molar-refractivity contribution < 1.29 is 8.78 Å². The standard InChI is InChI=1S/C14H19F2N/c1-17-9-10-4-2-3-5-12(10)13-7-6-11(15)8-14(13)16/h6-8,10,12,17H,2-5,9H2,1H3. The minimum absolute atomic E-state index is 0.233. The van der Waals surface area contributed by atoms with Crippen molar-refractivity contribution in [1.29, 1.82) is 0 Å². The van der Waals surface area contributed by atoms with Crippen LogP contribution in [0.25, 0.3) is 0 Å². The van der Waals surface area contributed by atoms with E-state index < -0.39 is 11.6 Å². The molecule has 0 amide bonds. The Hall–Kier alpha value is -0.960. The van der Waals surface area contributed by atoms with Crippen LogP contribution in [-0.2, 0) is 0 Å². The van der Waals surface area contributed by atoms with Crippen LogP contribution in [0.3, 0.4) is 0 Å². The molecule has 1 aliphatic rings. The highest BCUT2D eigenvalue weighted by molar-refractivity contribution is 5.24. The maximum Gasteiger partial charge on any atom is 0.129 e. The van der Waals surface area contributed by atoms with Gasteiger partial charge in [0.15, 0.2) is 0 Å². The third-order valence-electron chi connectivity index (χ3n) is 3.74. The maximum atomic E-state index is 13.8. The first-order valence-electron chi connectivity index (χ1n) is 6.32. The lowest BCUT2D eigenvalue weighted by molar-refractivity contribution is 0.295. The second-order valence-corrected chi connectivity index (χ2v) is 4.87. The summed E-state index contributed by atoms with van der Waals surface area (Å²) in [4.78, 5) is 0. The minimum Gasteiger partial charge on any atom is -0.319 e. The number of hydrogen-bond donors (Lipinski definition) is 1. The van der Waals surface area contributed by atoms with Gasteiger partial charge < -0.3 is 5.32 Å². The van der Waals surface area contributed by atoms with E-state index in [1.165, 1.54) is 12.5 Å². The van der Waals surface area contributed by atoms with E-state index in [1.54, 1.807) is 6.07 Å². The highest BCUT2D eigenvalue weighted by atomic mass is 19.1. The summed E-state index contributed by atoms with van der Waals surface area (Å²) < 4.78 is 26.7. The molecular weight excluding hydrogens is 220 g/mol. The SMILES string of the molecule is CNCC1CCCCC1c1ccc(F)cc1F. The monoisotopic (exact) mass is 239 g/mol. The van der Waals surface area contributed by atoms with Gasteiger partial charge in [0.05, 0.1) is 0 Å². The van der Waals surface area contributed by atoms with Crippen LogP contribution in [-0.4, -0.2) is 13.6 Å². The van der Waals surface area contributed by atoms with Gasteiger partial charge in [-0.3, -0.25) is 0 Å². The molecule has 0 aromatic heterocycles. The summed E-state index contributed by atoms with van der Waals surface area (Å²) in [5.74, 6) is -0.184. The van der Waals surface area contributed by atoms with Gasteiger partial charge in [-0.2, -0.15) is 0 Å². The summed E-state index contributed by atoms with van der Waals surface area (Å²) in [6.45, 7) is 0.904. The molecule has 3 heteroatoms. The number of benzene rings is 1. The lowest BCUT2D eigenvalue weighted by Crippen LogP contribution is -2.28. The first-order valence-corrected chi connectivity index (χ1v) is 6.32. The predicted molar refractivity (Wildman–Crippen MR) is 65.0 cm³/mol. The molecule has 1 saturated carbocycles. The Balaban J connectivity index is 2.23. The van der Waals surface area contributed by atoms with E-state index >= 15 is 0 Å². The van der Waals surface area contributed by atoms with Gasteiger partial charge >= 0.3 is 0 Å². The van der Waals surface area contributed by atoms with E-state index in [2.05, 4.69) is 5.32 Å². The lowest BCUT2D eigenvalue weighted by atomic mass is 9.75. The van der Waals surface area contributed by atoms with Crippen LogP contribution in [0, 0.1) is 17.6 Å². The van der Waals surface area contributed by atoms with Crippen molar-refractivity contribution in [3.8, 4) is 0 Å². The van der Waals surface area contributed by atoms with Crippen molar-refractivity contribution in [3.63, 3.8) is 0 Å². The van der Waals surface area contributed by atoms with Gasteiger partial charge in [0.2, 0.25) is 0 Å². The number of nitrogens with one attached hydrogen (secondary N) is 1. The normalized spacial score (nSPS) is 24.9. The molecule has 2 unspecified atom stereocenters. The van der Waals surface area contributed by atoms with Crippen LogP contribution in [0.2, 0.25) is 0 Å². The van der Waals surface area contributed by atoms with Gasteiger partial charge in [0.25, 0.3) is 0 Å². The topological polar surface area (TPSA) is 12.0 Å².